The number of hydrogen-bond acceptors (Lipinski definition) is 0. The Kier molecular flexibility index (Phi) is 10.9. The van der Waals surface area contributed by atoms with Crippen LogP contribution in [0.3, 0.4) is 0 Å². The Morgan fingerprint density at radius 1 is 0.641 bits per heavy atom. The molecule has 3 aromatic rings. The summed E-state index contributed by atoms with van der Waals surface area (Å²) in [5.41, 5.74) is 8.22. The van der Waals surface area contributed by atoms with E-state index >= 15 is 0 Å². The summed E-state index contributed by atoms with van der Waals surface area (Å²) in [6, 6.07) is 28.4. The average Bonchev–Trinajstić information content (AvgIpc) is 3.21. The van der Waals surface area contributed by atoms with Gasteiger partial charge in [-0.2, -0.15) is 0 Å². The van der Waals surface area contributed by atoms with E-state index in [0.717, 1.165) is 10.1 Å². The zero-order valence-electron chi connectivity index (χ0n) is 23.0. The van der Waals surface area contributed by atoms with E-state index in [1.807, 2.05) is 0 Å². The molecule has 39 heavy (non-hydrogen) atoms. The van der Waals surface area contributed by atoms with Crippen molar-refractivity contribution >= 4 is 0 Å². The maximum absolute atomic E-state index is 2.58. The Balaban J connectivity index is 0.00000140. The van der Waals surface area contributed by atoms with E-state index in [1.165, 1.54) is 52.6 Å². The second kappa shape index (κ2) is 13.1. The van der Waals surface area contributed by atoms with Gasteiger partial charge < -0.3 is 37.2 Å². The Hall–Kier alpha value is -1.28. The number of allylic oxidation sites excluding steroid dienone is 4. The molecule has 6 unspecified atom stereocenters. The minimum atomic E-state index is -0.201. The van der Waals surface area contributed by atoms with Crippen LogP contribution in [0, 0.1) is 50.4 Å². The van der Waals surface area contributed by atoms with Crippen molar-refractivity contribution in [2.45, 2.75) is 49.7 Å². The molecular formula is C35H37Cl3Ti. The number of halogens is 3. The molecular weight excluding hydrogens is 575 g/mol. The molecule has 0 radical (unpaired) electrons. The summed E-state index contributed by atoms with van der Waals surface area (Å²) in [6.45, 7) is 6.77. The van der Waals surface area contributed by atoms with Crippen molar-refractivity contribution in [3.05, 3.63) is 130 Å². The maximum Gasteiger partial charge on any atom is -1.00 e. The number of rotatable bonds is 4. The molecule has 0 aromatic heterocycles. The summed E-state index contributed by atoms with van der Waals surface area (Å²) in [4.78, 5) is 0. The molecule has 6 rings (SSSR count). The standard InChI is InChI=1S/C35H37.3ClH.Ti/c1-24-11-8-14-27(21-24)35(28-15-9-12-25(2)22-28,29-16-10-13-26(3)23-29)34-32-19-6-4-17-30(32)31-18-5-7-20-33(31)34;;;;/h4,6,8-17,19-23,30-34H,5,7,18H2,1-3H3;3*1H;/q;;;;+3/p-3. The van der Waals surface area contributed by atoms with Gasteiger partial charge >= 0.3 is 230 Å². The van der Waals surface area contributed by atoms with E-state index in [4.69, 9.17) is 0 Å². The number of benzene rings is 3. The van der Waals surface area contributed by atoms with Crippen LogP contribution in [-0.4, -0.2) is 0 Å². The summed E-state index contributed by atoms with van der Waals surface area (Å²) >= 11 is 2.56. The van der Waals surface area contributed by atoms with Crippen LogP contribution in [0.1, 0.15) is 52.6 Å². The van der Waals surface area contributed by atoms with E-state index < -0.39 is 0 Å². The minimum Gasteiger partial charge on any atom is -1.00 e. The van der Waals surface area contributed by atoms with Gasteiger partial charge in [-0.25, -0.2) is 0 Å². The van der Waals surface area contributed by atoms with Gasteiger partial charge in [0.2, 0.25) is 0 Å². The van der Waals surface area contributed by atoms with Crippen molar-refractivity contribution in [1.29, 1.82) is 0 Å². The summed E-state index contributed by atoms with van der Waals surface area (Å²) in [7, 11) is 0. The van der Waals surface area contributed by atoms with E-state index in [0.29, 0.717) is 23.7 Å². The van der Waals surface area contributed by atoms with Crippen molar-refractivity contribution in [3.8, 4) is 0 Å². The predicted molar refractivity (Wildman–Crippen MR) is 147 cm³/mol. The van der Waals surface area contributed by atoms with Crippen LogP contribution in [0.25, 0.3) is 0 Å². The zero-order chi connectivity index (χ0) is 24.9. The quantitative estimate of drug-likeness (QED) is 0.281. The van der Waals surface area contributed by atoms with Gasteiger partial charge in [-0.1, -0.05) is 0 Å². The van der Waals surface area contributed by atoms with E-state index in [9.17, 15) is 0 Å². The van der Waals surface area contributed by atoms with Crippen LogP contribution < -0.4 is 37.2 Å². The summed E-state index contributed by atoms with van der Waals surface area (Å²) in [6.07, 6.45) is 13.9. The molecule has 3 aromatic carbocycles. The average molecular weight is 612 g/mol. The molecule has 0 aliphatic heterocycles. The van der Waals surface area contributed by atoms with E-state index in [1.54, 1.807) is 0 Å². The molecule has 0 amide bonds. The fourth-order valence-electron chi connectivity index (χ4n) is 8.23. The van der Waals surface area contributed by atoms with Gasteiger partial charge in [0.1, 0.15) is 0 Å². The minimum absolute atomic E-state index is 0. The largest absolute Gasteiger partial charge is 1.00 e. The molecule has 2 saturated carbocycles. The van der Waals surface area contributed by atoms with Gasteiger partial charge in [-0.05, 0) is 0 Å². The molecule has 0 N–H and O–H groups in total. The third-order valence-corrected chi connectivity index (χ3v) is 10.5. The first-order valence-corrected chi connectivity index (χ1v) is 14.7. The van der Waals surface area contributed by atoms with E-state index in [2.05, 4.69) is 138 Å². The molecule has 0 spiro atoms. The molecule has 4 heteroatoms. The second-order valence-electron chi connectivity index (χ2n) is 11.6. The van der Waals surface area contributed by atoms with Gasteiger partial charge in [-0.3, -0.25) is 0 Å². The van der Waals surface area contributed by atoms with Crippen LogP contribution in [0.2, 0.25) is 4.22 Å². The van der Waals surface area contributed by atoms with Crippen LogP contribution in [0.5, 0.6) is 0 Å². The van der Waals surface area contributed by atoms with Crippen molar-refractivity contribution in [3.63, 3.8) is 0 Å². The zero-order valence-corrected chi connectivity index (χ0v) is 26.8. The summed E-state index contributed by atoms with van der Waals surface area (Å²) < 4.78 is 0.736. The third kappa shape index (κ3) is 5.50. The Morgan fingerprint density at radius 2 is 1.10 bits per heavy atom. The third-order valence-electron chi connectivity index (χ3n) is 9.48. The summed E-state index contributed by atoms with van der Waals surface area (Å²) in [5, 5.41) is 0. The SMILES string of the molecule is Cc1cccc(C(c2cccc(C)c2)(c2cccc(C)c2)C2C3C=CC=CC3C3CCC[CH]([Ti+3])C32)c1.[Cl-].[Cl-].[Cl-]. The smallest absolute Gasteiger partial charge is 1.00 e. The molecule has 3 aliphatic carbocycles. The van der Waals surface area contributed by atoms with Crippen LogP contribution in [0.15, 0.2) is 97.1 Å². The van der Waals surface area contributed by atoms with Gasteiger partial charge in [0.25, 0.3) is 0 Å². The first kappa shape index (κ1) is 32.2. The van der Waals surface area contributed by atoms with Gasteiger partial charge in [0, 0.05) is 0 Å². The maximum atomic E-state index is 2.58. The van der Waals surface area contributed by atoms with Crippen molar-refractivity contribution in [2.75, 3.05) is 0 Å². The normalized spacial score (nSPS) is 26.9. The van der Waals surface area contributed by atoms with Crippen molar-refractivity contribution in [2.24, 2.45) is 29.6 Å². The summed E-state index contributed by atoms with van der Waals surface area (Å²) in [5.74, 6) is 3.17. The molecule has 2 fully saturated rings. The number of aryl methyl sites for hydroxylation is 3. The fourth-order valence-corrected chi connectivity index (χ4v) is 9.26. The number of fused-ring (bicyclic) bond motifs is 3. The topological polar surface area (TPSA) is 0 Å². The van der Waals surface area contributed by atoms with Crippen LogP contribution in [0.4, 0.5) is 0 Å². The van der Waals surface area contributed by atoms with Crippen LogP contribution in [-0.2, 0) is 25.9 Å². The van der Waals surface area contributed by atoms with Crippen molar-refractivity contribution in [1.82, 2.24) is 0 Å². The Morgan fingerprint density at radius 3 is 1.56 bits per heavy atom. The molecule has 0 heterocycles. The van der Waals surface area contributed by atoms with Crippen molar-refractivity contribution < 1.29 is 57.7 Å². The Bertz CT molecular complexity index is 1220. The first-order valence-electron chi connectivity index (χ1n) is 13.8. The molecule has 3 aliphatic rings. The predicted octanol–water partition coefficient (Wildman–Crippen LogP) is -0.302. The molecule has 0 nitrogen and oxygen atoms in total. The fraction of sp³-hybridized carbons (Fsp3) is 0.371. The molecule has 6 atom stereocenters. The molecule has 202 valence electrons. The van der Waals surface area contributed by atoms with E-state index in [-0.39, 0.29) is 42.6 Å². The molecule has 0 bridgehead atoms. The molecule has 0 saturated heterocycles. The number of hydrogen-bond donors (Lipinski definition) is 0. The van der Waals surface area contributed by atoms with Gasteiger partial charge in [0.05, 0.1) is 0 Å². The first-order chi connectivity index (χ1) is 17.5. The Labute approximate surface area is 265 Å². The van der Waals surface area contributed by atoms with Gasteiger partial charge in [0.15, 0.2) is 0 Å². The monoisotopic (exact) mass is 610 g/mol. The van der Waals surface area contributed by atoms with Gasteiger partial charge in [-0.15, -0.1) is 0 Å². The second-order valence-corrected chi connectivity index (χ2v) is 12.8. The van der Waals surface area contributed by atoms with Crippen LogP contribution >= 0.6 is 0 Å².